The predicted molar refractivity (Wildman–Crippen MR) is 127 cm³/mol. The first-order valence-electron chi connectivity index (χ1n) is 11.2. The summed E-state index contributed by atoms with van der Waals surface area (Å²) in [6.07, 6.45) is 2.14. The van der Waals surface area contributed by atoms with E-state index in [2.05, 4.69) is 15.5 Å². The SMILES string of the molecule is COc1ccc(-c2nnc(S[C@H](C)C(=O)Nc3ccc4c(c3)OCO4)n2C[C@H]2CCCO2)cc1. The van der Waals surface area contributed by atoms with Crippen LogP contribution in [0.5, 0.6) is 17.2 Å². The fourth-order valence-electron chi connectivity index (χ4n) is 3.92. The lowest BCUT2D eigenvalue weighted by atomic mass is 10.2. The van der Waals surface area contributed by atoms with E-state index >= 15 is 0 Å². The molecule has 0 radical (unpaired) electrons. The topological polar surface area (TPSA) is 96.7 Å². The van der Waals surface area contributed by atoms with Crippen LogP contribution in [0.4, 0.5) is 5.69 Å². The van der Waals surface area contributed by atoms with Gasteiger partial charge in [0.25, 0.3) is 0 Å². The van der Waals surface area contributed by atoms with Gasteiger partial charge < -0.3 is 24.3 Å². The third kappa shape index (κ3) is 4.83. The highest BCUT2D eigenvalue weighted by molar-refractivity contribution is 8.00. The minimum atomic E-state index is -0.401. The van der Waals surface area contributed by atoms with E-state index in [-0.39, 0.29) is 18.8 Å². The molecule has 0 spiro atoms. The molecule has 34 heavy (non-hydrogen) atoms. The summed E-state index contributed by atoms with van der Waals surface area (Å²) in [7, 11) is 1.64. The van der Waals surface area contributed by atoms with Crippen molar-refractivity contribution >= 4 is 23.4 Å². The van der Waals surface area contributed by atoms with Crippen molar-refractivity contribution in [2.24, 2.45) is 0 Å². The number of carbonyl (C=O) groups is 1. The molecule has 1 N–H and O–H groups in total. The summed E-state index contributed by atoms with van der Waals surface area (Å²) in [5.74, 6) is 2.68. The Labute approximate surface area is 201 Å². The minimum absolute atomic E-state index is 0.102. The van der Waals surface area contributed by atoms with Gasteiger partial charge >= 0.3 is 0 Å². The van der Waals surface area contributed by atoms with E-state index in [4.69, 9.17) is 18.9 Å². The second-order valence-corrected chi connectivity index (χ2v) is 9.41. The summed E-state index contributed by atoms with van der Waals surface area (Å²) in [6.45, 7) is 3.44. The van der Waals surface area contributed by atoms with E-state index in [1.165, 1.54) is 11.8 Å². The molecule has 10 heteroatoms. The maximum atomic E-state index is 12.9. The van der Waals surface area contributed by atoms with Crippen LogP contribution in [0.2, 0.25) is 0 Å². The maximum Gasteiger partial charge on any atom is 0.237 e. The Hall–Kier alpha value is -3.24. The van der Waals surface area contributed by atoms with Gasteiger partial charge in [0.05, 0.1) is 25.0 Å². The summed E-state index contributed by atoms with van der Waals surface area (Å²) in [5.41, 5.74) is 1.58. The second kappa shape index (κ2) is 9.94. The van der Waals surface area contributed by atoms with Gasteiger partial charge in [-0.2, -0.15) is 0 Å². The highest BCUT2D eigenvalue weighted by Crippen LogP contribution is 2.35. The lowest BCUT2D eigenvalue weighted by molar-refractivity contribution is -0.115. The first-order chi connectivity index (χ1) is 16.6. The van der Waals surface area contributed by atoms with Crippen LogP contribution in [0.1, 0.15) is 19.8 Å². The van der Waals surface area contributed by atoms with E-state index in [0.29, 0.717) is 28.9 Å². The molecule has 0 aliphatic carbocycles. The number of nitrogens with one attached hydrogen (secondary N) is 1. The number of amides is 1. The van der Waals surface area contributed by atoms with Gasteiger partial charge in [-0.1, -0.05) is 11.8 Å². The van der Waals surface area contributed by atoms with Crippen LogP contribution >= 0.6 is 11.8 Å². The molecule has 2 aliphatic rings. The van der Waals surface area contributed by atoms with Crippen LogP contribution in [0.25, 0.3) is 11.4 Å². The number of methoxy groups -OCH3 is 1. The third-order valence-corrected chi connectivity index (χ3v) is 6.85. The smallest absolute Gasteiger partial charge is 0.237 e. The molecule has 9 nitrogen and oxygen atoms in total. The Bertz CT molecular complexity index is 1160. The predicted octanol–water partition coefficient (Wildman–Crippen LogP) is 3.98. The number of hydrogen-bond acceptors (Lipinski definition) is 8. The summed E-state index contributed by atoms with van der Waals surface area (Å²) in [4.78, 5) is 12.9. The van der Waals surface area contributed by atoms with Crippen LogP contribution in [0.15, 0.2) is 47.6 Å². The molecule has 5 rings (SSSR count). The monoisotopic (exact) mass is 482 g/mol. The molecule has 178 valence electrons. The fraction of sp³-hybridized carbons (Fsp3) is 0.375. The van der Waals surface area contributed by atoms with Crippen LogP contribution in [-0.2, 0) is 16.1 Å². The van der Waals surface area contributed by atoms with Crippen molar-refractivity contribution < 1.29 is 23.7 Å². The maximum absolute atomic E-state index is 12.9. The van der Waals surface area contributed by atoms with Crippen LogP contribution in [0.3, 0.4) is 0 Å². The van der Waals surface area contributed by atoms with E-state index < -0.39 is 5.25 Å². The number of ether oxygens (including phenoxy) is 4. The van der Waals surface area contributed by atoms with Gasteiger partial charge in [0, 0.05) is 23.9 Å². The molecule has 2 aliphatic heterocycles. The molecule has 1 fully saturated rings. The number of fused-ring (bicyclic) bond motifs is 1. The van der Waals surface area contributed by atoms with Crippen molar-refractivity contribution in [3.05, 3.63) is 42.5 Å². The third-order valence-electron chi connectivity index (χ3n) is 5.77. The number of hydrogen-bond donors (Lipinski definition) is 1. The van der Waals surface area contributed by atoms with Gasteiger partial charge in [-0.05, 0) is 56.2 Å². The average molecular weight is 483 g/mol. The first kappa shape index (κ1) is 22.5. The number of rotatable bonds is 8. The Morgan fingerprint density at radius 1 is 1.21 bits per heavy atom. The van der Waals surface area contributed by atoms with Gasteiger partial charge in [0.2, 0.25) is 12.7 Å². The van der Waals surface area contributed by atoms with E-state index in [0.717, 1.165) is 36.6 Å². The van der Waals surface area contributed by atoms with E-state index in [9.17, 15) is 4.79 Å². The van der Waals surface area contributed by atoms with Crippen molar-refractivity contribution in [2.75, 3.05) is 25.8 Å². The summed E-state index contributed by atoms with van der Waals surface area (Å²) in [6, 6.07) is 13.1. The van der Waals surface area contributed by atoms with Gasteiger partial charge in [-0.3, -0.25) is 9.36 Å². The van der Waals surface area contributed by atoms with Crippen molar-refractivity contribution in [1.29, 1.82) is 0 Å². The normalized spacial score (nSPS) is 17.5. The summed E-state index contributed by atoms with van der Waals surface area (Å²) in [5, 5.41) is 12.1. The molecule has 3 heterocycles. The molecule has 0 bridgehead atoms. The Morgan fingerprint density at radius 2 is 2.03 bits per heavy atom. The van der Waals surface area contributed by atoms with Crippen molar-refractivity contribution in [1.82, 2.24) is 14.8 Å². The van der Waals surface area contributed by atoms with Crippen molar-refractivity contribution in [3.63, 3.8) is 0 Å². The number of carbonyl (C=O) groups excluding carboxylic acids is 1. The number of aromatic nitrogens is 3. The van der Waals surface area contributed by atoms with Gasteiger partial charge in [0.15, 0.2) is 22.5 Å². The van der Waals surface area contributed by atoms with Crippen LogP contribution in [-0.4, -0.2) is 52.5 Å². The average Bonchev–Trinajstić information content (AvgIpc) is 3.61. The number of nitrogens with zero attached hydrogens (tertiary/aromatic N) is 3. The number of anilines is 1. The van der Waals surface area contributed by atoms with Crippen molar-refractivity contribution in [3.8, 4) is 28.6 Å². The number of benzene rings is 2. The van der Waals surface area contributed by atoms with Crippen molar-refractivity contribution in [2.45, 2.75) is 42.8 Å². The van der Waals surface area contributed by atoms with Gasteiger partial charge in [0.1, 0.15) is 5.75 Å². The molecule has 2 aromatic carbocycles. The molecule has 1 saturated heterocycles. The van der Waals surface area contributed by atoms with Crippen LogP contribution < -0.4 is 19.5 Å². The Balaban J connectivity index is 1.34. The highest BCUT2D eigenvalue weighted by atomic mass is 32.2. The largest absolute Gasteiger partial charge is 0.497 e. The summed E-state index contributed by atoms with van der Waals surface area (Å²) >= 11 is 1.37. The quantitative estimate of drug-likeness (QED) is 0.482. The molecular formula is C24H26N4O5S. The second-order valence-electron chi connectivity index (χ2n) is 8.10. The molecule has 0 unspecified atom stereocenters. The molecule has 0 saturated carbocycles. The lowest BCUT2D eigenvalue weighted by Gasteiger charge is -2.17. The number of thioether (sulfide) groups is 1. The summed E-state index contributed by atoms with van der Waals surface area (Å²) < 4.78 is 23.9. The Kier molecular flexibility index (Phi) is 6.59. The standard InChI is InChI=1S/C24H26N4O5S/c1-15(23(29)25-17-7-10-20-21(12-17)33-14-32-20)34-24-27-26-22(16-5-8-18(30-2)9-6-16)28(24)13-19-4-3-11-31-19/h5-10,12,15,19H,3-4,11,13-14H2,1-2H3,(H,25,29)/t15-,19-/m1/s1. The van der Waals surface area contributed by atoms with Crippen LogP contribution in [0, 0.1) is 0 Å². The fourth-order valence-corrected chi connectivity index (χ4v) is 4.77. The molecule has 3 aromatic rings. The lowest BCUT2D eigenvalue weighted by Crippen LogP contribution is -2.23. The molecular weight excluding hydrogens is 456 g/mol. The zero-order valence-corrected chi connectivity index (χ0v) is 19.8. The zero-order chi connectivity index (χ0) is 23.5. The highest BCUT2D eigenvalue weighted by Gasteiger charge is 2.25. The molecule has 2 atom stereocenters. The van der Waals surface area contributed by atoms with Gasteiger partial charge in [-0.25, -0.2) is 0 Å². The minimum Gasteiger partial charge on any atom is -0.497 e. The Morgan fingerprint density at radius 3 is 2.79 bits per heavy atom. The molecule has 1 aromatic heterocycles. The van der Waals surface area contributed by atoms with Gasteiger partial charge in [-0.15, -0.1) is 10.2 Å². The molecule has 1 amide bonds. The zero-order valence-electron chi connectivity index (χ0n) is 19.0. The van der Waals surface area contributed by atoms with E-state index in [1.54, 1.807) is 25.3 Å². The van der Waals surface area contributed by atoms with E-state index in [1.807, 2.05) is 35.8 Å². The first-order valence-corrected chi connectivity index (χ1v) is 12.0.